The summed E-state index contributed by atoms with van der Waals surface area (Å²) in [6.45, 7) is 1.90. The highest BCUT2D eigenvalue weighted by molar-refractivity contribution is 5.93. The standard InChI is InChI=1S/C17H21F3N2O2.ClH/c18-17(19,20)14-4-2-1-3-13(14)16(23)22-12-5-6-15-11(9-12)10-21-7-8-24-15;/h5-6,9,13-14,21H,1-4,7-8,10H2,(H,22,23);1H. The Morgan fingerprint density at radius 3 is 2.76 bits per heavy atom. The number of fused-ring (bicyclic) bond motifs is 1. The fraction of sp³-hybridized carbons (Fsp3) is 0.588. The molecule has 2 N–H and O–H groups in total. The van der Waals surface area contributed by atoms with Gasteiger partial charge in [-0.3, -0.25) is 4.79 Å². The largest absolute Gasteiger partial charge is 0.492 e. The molecular formula is C17H22ClF3N2O2. The maximum absolute atomic E-state index is 13.2. The molecule has 8 heteroatoms. The third kappa shape index (κ3) is 4.79. The predicted molar refractivity (Wildman–Crippen MR) is 91.0 cm³/mol. The van der Waals surface area contributed by atoms with E-state index in [1.807, 2.05) is 0 Å². The molecule has 0 spiro atoms. The van der Waals surface area contributed by atoms with Crippen molar-refractivity contribution in [1.29, 1.82) is 0 Å². The minimum atomic E-state index is -4.33. The van der Waals surface area contributed by atoms with Crippen molar-refractivity contribution >= 4 is 24.0 Å². The fourth-order valence-corrected chi connectivity index (χ4v) is 3.46. The van der Waals surface area contributed by atoms with Crippen LogP contribution in [0.3, 0.4) is 0 Å². The average Bonchev–Trinajstić information content (AvgIpc) is 2.79. The minimum Gasteiger partial charge on any atom is -0.492 e. The highest BCUT2D eigenvalue weighted by Crippen LogP contribution is 2.42. The van der Waals surface area contributed by atoms with Gasteiger partial charge in [-0.25, -0.2) is 0 Å². The zero-order valence-electron chi connectivity index (χ0n) is 13.7. The lowest BCUT2D eigenvalue weighted by molar-refractivity contribution is -0.197. The first-order valence-corrected chi connectivity index (χ1v) is 8.29. The molecule has 140 valence electrons. The third-order valence-electron chi connectivity index (χ3n) is 4.70. The molecule has 0 saturated heterocycles. The lowest BCUT2D eigenvalue weighted by Crippen LogP contribution is -2.39. The van der Waals surface area contributed by atoms with Crippen molar-refractivity contribution in [2.45, 2.75) is 38.4 Å². The van der Waals surface area contributed by atoms with E-state index in [-0.39, 0.29) is 25.2 Å². The first-order valence-electron chi connectivity index (χ1n) is 8.29. The summed E-state index contributed by atoms with van der Waals surface area (Å²) in [6, 6.07) is 5.19. The highest BCUT2D eigenvalue weighted by Gasteiger charge is 2.48. The van der Waals surface area contributed by atoms with E-state index in [0.717, 1.165) is 17.9 Å². The Bertz CT molecular complexity index is 610. The topological polar surface area (TPSA) is 50.4 Å². The molecule has 1 aliphatic carbocycles. The van der Waals surface area contributed by atoms with Crippen LogP contribution in [0.25, 0.3) is 0 Å². The number of alkyl halides is 3. The van der Waals surface area contributed by atoms with E-state index in [4.69, 9.17) is 4.74 Å². The van der Waals surface area contributed by atoms with Gasteiger partial charge in [0, 0.05) is 30.3 Å². The Balaban J connectivity index is 0.00000225. The second-order valence-electron chi connectivity index (χ2n) is 6.38. The lowest BCUT2D eigenvalue weighted by Gasteiger charge is -2.32. The van der Waals surface area contributed by atoms with Crippen LogP contribution < -0.4 is 15.4 Å². The average molecular weight is 379 g/mol. The molecule has 25 heavy (non-hydrogen) atoms. The number of carbonyl (C=O) groups excluding carboxylic acids is 1. The Labute approximate surface area is 150 Å². The van der Waals surface area contributed by atoms with Gasteiger partial charge in [0.2, 0.25) is 5.91 Å². The first-order chi connectivity index (χ1) is 11.4. The molecule has 2 unspecified atom stereocenters. The Hall–Kier alpha value is -1.47. The zero-order valence-corrected chi connectivity index (χ0v) is 14.5. The van der Waals surface area contributed by atoms with Gasteiger partial charge in [-0.15, -0.1) is 12.4 Å². The number of anilines is 1. The smallest absolute Gasteiger partial charge is 0.392 e. The molecule has 2 aliphatic rings. The van der Waals surface area contributed by atoms with Gasteiger partial charge in [-0.2, -0.15) is 13.2 Å². The van der Waals surface area contributed by atoms with Gasteiger partial charge in [0.1, 0.15) is 12.4 Å². The fourth-order valence-electron chi connectivity index (χ4n) is 3.46. The molecule has 1 saturated carbocycles. The Kier molecular flexibility index (Phi) is 6.57. The zero-order chi connectivity index (χ0) is 17.2. The normalized spacial score (nSPS) is 23.5. The molecule has 1 aromatic carbocycles. The van der Waals surface area contributed by atoms with Crippen molar-refractivity contribution in [3.63, 3.8) is 0 Å². The molecule has 4 nitrogen and oxygen atoms in total. The monoisotopic (exact) mass is 378 g/mol. The van der Waals surface area contributed by atoms with E-state index in [2.05, 4.69) is 10.6 Å². The number of hydrogen-bond acceptors (Lipinski definition) is 3. The number of hydrogen-bond donors (Lipinski definition) is 2. The van der Waals surface area contributed by atoms with Gasteiger partial charge in [0.25, 0.3) is 0 Å². The van der Waals surface area contributed by atoms with Crippen molar-refractivity contribution in [2.75, 3.05) is 18.5 Å². The van der Waals surface area contributed by atoms with E-state index in [9.17, 15) is 18.0 Å². The maximum atomic E-state index is 13.2. The summed E-state index contributed by atoms with van der Waals surface area (Å²) in [5.41, 5.74) is 1.40. The minimum absolute atomic E-state index is 0. The molecule has 1 aromatic rings. The van der Waals surface area contributed by atoms with Crippen LogP contribution >= 0.6 is 12.4 Å². The summed E-state index contributed by atoms with van der Waals surface area (Å²) in [4.78, 5) is 12.4. The van der Waals surface area contributed by atoms with Crippen LogP contribution in [-0.2, 0) is 11.3 Å². The van der Waals surface area contributed by atoms with Crippen molar-refractivity contribution in [1.82, 2.24) is 5.32 Å². The van der Waals surface area contributed by atoms with Gasteiger partial charge in [-0.05, 0) is 31.0 Å². The maximum Gasteiger partial charge on any atom is 0.392 e. The van der Waals surface area contributed by atoms with E-state index in [1.165, 1.54) is 0 Å². The molecule has 0 bridgehead atoms. The number of rotatable bonds is 2. The quantitative estimate of drug-likeness (QED) is 0.820. The van der Waals surface area contributed by atoms with Gasteiger partial charge in [-0.1, -0.05) is 12.8 Å². The number of benzene rings is 1. The van der Waals surface area contributed by atoms with Crippen molar-refractivity contribution in [3.8, 4) is 5.75 Å². The number of halogens is 4. The SMILES string of the molecule is Cl.O=C(Nc1ccc2c(c1)CNCCO2)C1CCCCC1C(F)(F)F. The van der Waals surface area contributed by atoms with Gasteiger partial charge < -0.3 is 15.4 Å². The number of carbonyl (C=O) groups is 1. The lowest BCUT2D eigenvalue weighted by atomic mass is 9.78. The molecule has 0 radical (unpaired) electrons. The van der Waals surface area contributed by atoms with E-state index >= 15 is 0 Å². The van der Waals surface area contributed by atoms with Crippen LogP contribution in [0.15, 0.2) is 18.2 Å². The second kappa shape index (κ2) is 8.27. The summed E-state index contributed by atoms with van der Waals surface area (Å²) in [5.74, 6) is -2.35. The van der Waals surface area contributed by atoms with Gasteiger partial charge in [0.15, 0.2) is 0 Å². The van der Waals surface area contributed by atoms with Crippen LogP contribution in [0.2, 0.25) is 0 Å². The van der Waals surface area contributed by atoms with E-state index < -0.39 is 23.9 Å². The first kappa shape index (κ1) is 19.8. The molecule has 3 rings (SSSR count). The predicted octanol–water partition coefficient (Wildman–Crippen LogP) is 3.90. The number of amides is 1. The number of ether oxygens (including phenoxy) is 1. The summed E-state index contributed by atoms with van der Waals surface area (Å²) in [6.07, 6.45) is -2.83. The molecule has 1 amide bonds. The van der Waals surface area contributed by atoms with Crippen LogP contribution in [0.4, 0.5) is 18.9 Å². The van der Waals surface area contributed by atoms with Crippen LogP contribution in [0, 0.1) is 11.8 Å². The molecule has 1 heterocycles. The summed E-state index contributed by atoms with van der Waals surface area (Å²) < 4.78 is 45.0. The summed E-state index contributed by atoms with van der Waals surface area (Å²) in [7, 11) is 0. The number of nitrogens with one attached hydrogen (secondary N) is 2. The van der Waals surface area contributed by atoms with Crippen LogP contribution in [0.5, 0.6) is 5.75 Å². The molecule has 1 aliphatic heterocycles. The third-order valence-corrected chi connectivity index (χ3v) is 4.70. The van der Waals surface area contributed by atoms with Crippen molar-refractivity contribution in [2.24, 2.45) is 11.8 Å². The van der Waals surface area contributed by atoms with Gasteiger partial charge in [0.05, 0.1) is 5.92 Å². The summed E-state index contributed by atoms with van der Waals surface area (Å²) >= 11 is 0. The van der Waals surface area contributed by atoms with Crippen LogP contribution in [0.1, 0.15) is 31.2 Å². The summed E-state index contributed by atoms with van der Waals surface area (Å²) in [5, 5.41) is 5.85. The van der Waals surface area contributed by atoms with Gasteiger partial charge >= 0.3 is 6.18 Å². The highest BCUT2D eigenvalue weighted by atomic mass is 35.5. The Morgan fingerprint density at radius 2 is 2.00 bits per heavy atom. The van der Waals surface area contributed by atoms with Crippen molar-refractivity contribution in [3.05, 3.63) is 23.8 Å². The van der Waals surface area contributed by atoms with Crippen molar-refractivity contribution < 1.29 is 22.7 Å². The van der Waals surface area contributed by atoms with E-state index in [1.54, 1.807) is 18.2 Å². The van der Waals surface area contributed by atoms with E-state index in [0.29, 0.717) is 31.7 Å². The second-order valence-corrected chi connectivity index (χ2v) is 6.38. The molecule has 0 aromatic heterocycles. The van der Waals surface area contributed by atoms with Crippen LogP contribution in [-0.4, -0.2) is 25.2 Å². The molecule has 1 fully saturated rings. The molecule has 2 atom stereocenters. The molecular weight excluding hydrogens is 357 g/mol. The Morgan fingerprint density at radius 1 is 1.24 bits per heavy atom.